The van der Waals surface area contributed by atoms with Crippen LogP contribution in [0.2, 0.25) is 0 Å². The lowest BCUT2D eigenvalue weighted by Gasteiger charge is -2.37. The first-order valence-corrected chi connectivity index (χ1v) is 9.26. The number of piperidine rings is 1. The van der Waals surface area contributed by atoms with E-state index in [1.807, 2.05) is 6.07 Å². The number of hydrazine groups is 1. The number of likely N-dealkylation sites (tertiary alicyclic amines) is 1. The predicted octanol–water partition coefficient (Wildman–Crippen LogP) is 1.16. The molecule has 6 nitrogen and oxygen atoms in total. The number of hydrogen-bond acceptors (Lipinski definition) is 6. The minimum Gasteiger partial charge on any atom is -0.369 e. The van der Waals surface area contributed by atoms with Gasteiger partial charge in [-0.15, -0.1) is 0 Å². The van der Waals surface area contributed by atoms with Crippen LogP contribution in [0.25, 0.3) is 0 Å². The van der Waals surface area contributed by atoms with Crippen molar-refractivity contribution in [3.63, 3.8) is 0 Å². The Bertz CT molecular complexity index is 712. The predicted molar refractivity (Wildman–Crippen MR) is 96.4 cm³/mol. The fourth-order valence-corrected chi connectivity index (χ4v) is 4.25. The summed E-state index contributed by atoms with van der Waals surface area (Å²) in [7, 11) is 0. The number of aliphatic imine (C=N–C) groups is 1. The van der Waals surface area contributed by atoms with Gasteiger partial charge in [0.05, 0.1) is 0 Å². The standard InChI is InChI=1S/C18H26F2N6/c19-17(20)7-9-26(10-8-17)15-5-2-12-1-4-14(11-13(12)3-6-15)18(22)23-16(21)24-25-18/h1,4,11,15,25H,2-3,5-10,22H2,(H3,21,23,24). The van der Waals surface area contributed by atoms with Crippen molar-refractivity contribution < 1.29 is 8.78 Å². The van der Waals surface area contributed by atoms with Crippen LogP contribution in [0.5, 0.6) is 0 Å². The molecule has 0 aromatic heterocycles. The van der Waals surface area contributed by atoms with Crippen LogP contribution in [0.3, 0.4) is 0 Å². The minimum atomic E-state index is -2.49. The van der Waals surface area contributed by atoms with E-state index in [0.29, 0.717) is 19.1 Å². The van der Waals surface area contributed by atoms with Crippen LogP contribution in [0.4, 0.5) is 8.78 Å². The number of rotatable bonds is 2. The van der Waals surface area contributed by atoms with Crippen LogP contribution < -0.4 is 22.3 Å². The van der Waals surface area contributed by atoms with Gasteiger partial charge in [0.1, 0.15) is 0 Å². The third kappa shape index (κ3) is 3.41. The van der Waals surface area contributed by atoms with E-state index in [1.165, 1.54) is 11.1 Å². The number of halogens is 2. The van der Waals surface area contributed by atoms with Gasteiger partial charge in [0.25, 0.3) is 5.92 Å². The highest BCUT2D eigenvalue weighted by molar-refractivity contribution is 5.79. The summed E-state index contributed by atoms with van der Waals surface area (Å²) >= 11 is 0. The molecule has 1 aromatic rings. The van der Waals surface area contributed by atoms with E-state index in [9.17, 15) is 8.78 Å². The molecule has 2 unspecified atom stereocenters. The highest BCUT2D eigenvalue weighted by Gasteiger charge is 2.37. The molecule has 0 saturated carbocycles. The van der Waals surface area contributed by atoms with E-state index in [0.717, 1.165) is 31.2 Å². The van der Waals surface area contributed by atoms with Crippen molar-refractivity contribution in [3.05, 3.63) is 34.9 Å². The molecule has 0 spiro atoms. The Hall–Kier alpha value is -1.77. The van der Waals surface area contributed by atoms with E-state index in [1.54, 1.807) is 0 Å². The molecule has 0 amide bonds. The van der Waals surface area contributed by atoms with Crippen molar-refractivity contribution in [1.29, 1.82) is 0 Å². The molecular weight excluding hydrogens is 338 g/mol. The van der Waals surface area contributed by atoms with Crippen LogP contribution in [0.1, 0.15) is 42.4 Å². The molecule has 2 atom stereocenters. The van der Waals surface area contributed by atoms with Gasteiger partial charge in [0.15, 0.2) is 0 Å². The molecule has 0 radical (unpaired) electrons. The first-order valence-electron chi connectivity index (χ1n) is 9.26. The molecule has 2 aliphatic heterocycles. The van der Waals surface area contributed by atoms with Crippen LogP contribution in [0, 0.1) is 0 Å². The average molecular weight is 364 g/mol. The summed E-state index contributed by atoms with van der Waals surface area (Å²) in [5.41, 5.74) is 21.0. The number of fused-ring (bicyclic) bond motifs is 1. The monoisotopic (exact) mass is 364 g/mol. The Balaban J connectivity index is 1.47. The lowest BCUT2D eigenvalue weighted by molar-refractivity contribution is -0.0640. The molecular formula is C18H26F2N6. The summed E-state index contributed by atoms with van der Waals surface area (Å²) < 4.78 is 26.9. The van der Waals surface area contributed by atoms with Gasteiger partial charge < -0.3 is 5.73 Å². The number of guanidine groups is 1. The van der Waals surface area contributed by atoms with Crippen LogP contribution in [-0.2, 0) is 18.6 Å². The molecule has 3 aliphatic rings. The third-order valence-electron chi connectivity index (χ3n) is 5.86. The van der Waals surface area contributed by atoms with Crippen molar-refractivity contribution >= 4 is 5.96 Å². The molecule has 6 N–H and O–H groups in total. The number of nitrogens with two attached hydrogens (primary N) is 2. The number of aryl methyl sites for hydroxylation is 2. The van der Waals surface area contributed by atoms with Crippen molar-refractivity contribution in [1.82, 2.24) is 15.8 Å². The normalized spacial score (nSPS) is 31.7. The molecule has 1 saturated heterocycles. The Kier molecular flexibility index (Phi) is 4.37. The molecule has 2 heterocycles. The zero-order chi connectivity index (χ0) is 18.4. The lowest BCUT2D eigenvalue weighted by Crippen LogP contribution is -2.50. The topological polar surface area (TPSA) is 91.7 Å². The Morgan fingerprint density at radius 1 is 1.12 bits per heavy atom. The van der Waals surface area contributed by atoms with Crippen molar-refractivity contribution in [2.24, 2.45) is 16.5 Å². The van der Waals surface area contributed by atoms with Crippen LogP contribution >= 0.6 is 0 Å². The fraction of sp³-hybridized carbons (Fsp3) is 0.611. The Labute approximate surface area is 152 Å². The second-order valence-electron chi connectivity index (χ2n) is 7.62. The van der Waals surface area contributed by atoms with Gasteiger partial charge in [-0.25, -0.2) is 13.8 Å². The smallest absolute Gasteiger partial charge is 0.250 e. The van der Waals surface area contributed by atoms with Gasteiger partial charge in [-0.1, -0.05) is 18.2 Å². The lowest BCUT2D eigenvalue weighted by atomic mass is 9.97. The van der Waals surface area contributed by atoms with E-state index in [4.69, 9.17) is 11.5 Å². The SMILES string of the molecule is NC1=NC(N)(c2ccc3c(c2)CCC(N2CCC(F)(F)CC2)CC3)NN1. The molecule has 0 bridgehead atoms. The average Bonchev–Trinajstić information content (AvgIpc) is 2.83. The maximum absolute atomic E-state index is 13.4. The minimum absolute atomic E-state index is 0.0195. The summed E-state index contributed by atoms with van der Waals surface area (Å²) in [6, 6.07) is 6.56. The zero-order valence-corrected chi connectivity index (χ0v) is 14.8. The number of benzene rings is 1. The number of hydrogen-bond donors (Lipinski definition) is 4. The maximum atomic E-state index is 13.4. The molecule has 1 aromatic carbocycles. The maximum Gasteiger partial charge on any atom is 0.250 e. The van der Waals surface area contributed by atoms with Gasteiger partial charge in [-0.2, -0.15) is 5.43 Å². The fourth-order valence-electron chi connectivity index (χ4n) is 4.25. The van der Waals surface area contributed by atoms with Crippen LogP contribution in [0.15, 0.2) is 23.2 Å². The first kappa shape index (κ1) is 17.6. The molecule has 1 aliphatic carbocycles. The van der Waals surface area contributed by atoms with E-state index >= 15 is 0 Å². The molecule has 142 valence electrons. The van der Waals surface area contributed by atoms with Crippen molar-refractivity contribution in [3.8, 4) is 0 Å². The number of alkyl halides is 2. The quantitative estimate of drug-likeness (QED) is 0.591. The van der Waals surface area contributed by atoms with Gasteiger partial charge in [0, 0.05) is 37.5 Å². The second-order valence-corrected chi connectivity index (χ2v) is 7.62. The van der Waals surface area contributed by atoms with Crippen LogP contribution in [-0.4, -0.2) is 35.9 Å². The summed E-state index contributed by atoms with van der Waals surface area (Å²) in [4.78, 5) is 6.49. The first-order chi connectivity index (χ1) is 12.3. The Morgan fingerprint density at radius 3 is 2.46 bits per heavy atom. The highest BCUT2D eigenvalue weighted by Crippen LogP contribution is 2.32. The summed E-state index contributed by atoms with van der Waals surface area (Å²) in [5, 5.41) is 0. The highest BCUT2D eigenvalue weighted by atomic mass is 19.3. The molecule has 26 heavy (non-hydrogen) atoms. The summed E-state index contributed by atoms with van der Waals surface area (Å²) in [5.74, 6) is -3.27. The number of nitrogens with one attached hydrogen (secondary N) is 2. The van der Waals surface area contributed by atoms with E-state index < -0.39 is 11.7 Å². The van der Waals surface area contributed by atoms with Crippen molar-refractivity contribution in [2.75, 3.05) is 13.1 Å². The van der Waals surface area contributed by atoms with Gasteiger partial charge in [0.2, 0.25) is 11.7 Å². The zero-order valence-electron chi connectivity index (χ0n) is 14.8. The molecule has 8 heteroatoms. The summed E-state index contributed by atoms with van der Waals surface area (Å²) in [6.45, 7) is 0.990. The third-order valence-corrected chi connectivity index (χ3v) is 5.86. The van der Waals surface area contributed by atoms with Gasteiger partial charge >= 0.3 is 0 Å². The summed E-state index contributed by atoms with van der Waals surface area (Å²) in [6.07, 6.45) is 3.83. The van der Waals surface area contributed by atoms with Gasteiger partial charge in [-0.05, 0) is 36.8 Å². The molecule has 1 fully saturated rings. The van der Waals surface area contributed by atoms with Gasteiger partial charge in [-0.3, -0.25) is 16.1 Å². The number of nitrogens with zero attached hydrogens (tertiary/aromatic N) is 2. The van der Waals surface area contributed by atoms with E-state index in [2.05, 4.69) is 32.9 Å². The van der Waals surface area contributed by atoms with Crippen molar-refractivity contribution in [2.45, 2.75) is 56.3 Å². The Morgan fingerprint density at radius 2 is 1.81 bits per heavy atom. The second kappa shape index (κ2) is 6.44. The molecule has 4 rings (SSSR count). The van der Waals surface area contributed by atoms with E-state index in [-0.39, 0.29) is 18.8 Å². The largest absolute Gasteiger partial charge is 0.369 e.